The molecule has 0 aliphatic carbocycles. The minimum atomic E-state index is -1.55. The number of hydrogen-bond acceptors (Lipinski definition) is 4. The molecule has 19 heavy (non-hydrogen) atoms. The third kappa shape index (κ3) is 3.33. The topological polar surface area (TPSA) is 66.8 Å². The van der Waals surface area contributed by atoms with Crippen molar-refractivity contribution in [2.24, 2.45) is 0 Å². The Morgan fingerprint density at radius 1 is 1.21 bits per heavy atom. The first kappa shape index (κ1) is 15.7. The number of carbonyl (C=O) groups excluding carboxylic acids is 1. The van der Waals surface area contributed by atoms with E-state index in [1.54, 1.807) is 0 Å². The van der Waals surface area contributed by atoms with E-state index in [4.69, 9.17) is 0 Å². The zero-order chi connectivity index (χ0) is 14.6. The first-order valence-corrected chi connectivity index (χ1v) is 6.52. The van der Waals surface area contributed by atoms with E-state index in [-0.39, 0.29) is 0 Å². The summed E-state index contributed by atoms with van der Waals surface area (Å²) in [6.07, 6.45) is -1.34. The molecular weight excluding hydrogens is 244 g/mol. The van der Waals surface area contributed by atoms with Crippen molar-refractivity contribution in [2.75, 3.05) is 7.11 Å². The Bertz CT molecular complexity index is 428. The van der Waals surface area contributed by atoms with E-state index < -0.39 is 18.2 Å². The van der Waals surface area contributed by atoms with Gasteiger partial charge in [-0.3, -0.25) is 0 Å². The van der Waals surface area contributed by atoms with Crippen molar-refractivity contribution in [3.8, 4) is 0 Å². The molecular formula is C15H22O4. The number of aliphatic hydroxyl groups is 2. The van der Waals surface area contributed by atoms with Gasteiger partial charge in [-0.25, -0.2) is 4.79 Å². The molecule has 2 atom stereocenters. The van der Waals surface area contributed by atoms with Crippen molar-refractivity contribution in [3.63, 3.8) is 0 Å². The number of aliphatic hydroxyl groups excluding tert-OH is 2. The number of rotatable bonds is 5. The van der Waals surface area contributed by atoms with Crippen LogP contribution in [0.4, 0.5) is 0 Å². The van der Waals surface area contributed by atoms with Crippen LogP contribution >= 0.6 is 0 Å². The molecule has 1 aromatic carbocycles. The minimum Gasteiger partial charge on any atom is -0.467 e. The lowest BCUT2D eigenvalue weighted by Gasteiger charge is -2.22. The van der Waals surface area contributed by atoms with Crippen LogP contribution in [0.5, 0.6) is 0 Å². The van der Waals surface area contributed by atoms with Crippen LogP contribution in [0, 0.1) is 6.92 Å². The van der Waals surface area contributed by atoms with Crippen LogP contribution < -0.4 is 0 Å². The molecule has 0 aliphatic heterocycles. The lowest BCUT2D eigenvalue weighted by molar-refractivity contribution is -0.156. The molecule has 0 heterocycles. The predicted molar refractivity (Wildman–Crippen MR) is 72.9 cm³/mol. The third-order valence-electron chi connectivity index (χ3n) is 3.30. The van der Waals surface area contributed by atoms with E-state index in [9.17, 15) is 15.0 Å². The van der Waals surface area contributed by atoms with E-state index >= 15 is 0 Å². The fraction of sp³-hybridized carbons (Fsp3) is 0.533. The fourth-order valence-corrected chi connectivity index (χ4v) is 2.33. The Balaban J connectivity index is 3.27. The van der Waals surface area contributed by atoms with E-state index in [0.29, 0.717) is 5.56 Å². The number of esters is 1. The molecule has 4 heteroatoms. The summed E-state index contributed by atoms with van der Waals surface area (Å²) >= 11 is 0. The molecule has 0 saturated carbocycles. The Morgan fingerprint density at radius 2 is 1.68 bits per heavy atom. The van der Waals surface area contributed by atoms with Crippen molar-refractivity contribution in [3.05, 3.63) is 34.4 Å². The van der Waals surface area contributed by atoms with Crippen LogP contribution in [0.1, 0.15) is 42.2 Å². The summed E-state index contributed by atoms with van der Waals surface area (Å²) in [4.78, 5) is 11.4. The first-order chi connectivity index (χ1) is 8.96. The van der Waals surface area contributed by atoms with Crippen LogP contribution in [0.3, 0.4) is 0 Å². The van der Waals surface area contributed by atoms with Gasteiger partial charge >= 0.3 is 5.97 Å². The van der Waals surface area contributed by atoms with E-state index in [0.717, 1.165) is 29.5 Å². The molecule has 0 radical (unpaired) electrons. The molecule has 0 saturated heterocycles. The summed E-state index contributed by atoms with van der Waals surface area (Å²) in [5.41, 5.74) is 3.66. The third-order valence-corrected chi connectivity index (χ3v) is 3.30. The van der Waals surface area contributed by atoms with Crippen LogP contribution in [0.25, 0.3) is 0 Å². The summed E-state index contributed by atoms with van der Waals surface area (Å²) < 4.78 is 4.48. The second kappa shape index (κ2) is 6.68. The standard InChI is InChI=1S/C15H22O4/c1-5-10-7-9(3)8-11(6-2)12(10)13(16)14(17)15(18)19-4/h7-8,13-14,16-17H,5-6H2,1-4H3. The normalized spacial score (nSPS) is 14.0. The Labute approximate surface area is 114 Å². The molecule has 106 valence electrons. The lowest BCUT2D eigenvalue weighted by atomic mass is 9.89. The molecule has 2 unspecified atom stereocenters. The number of methoxy groups -OCH3 is 1. The molecule has 0 fully saturated rings. The van der Waals surface area contributed by atoms with Crippen LogP contribution in [0.15, 0.2) is 12.1 Å². The maximum absolute atomic E-state index is 11.4. The number of ether oxygens (including phenoxy) is 1. The number of hydrogen-bond donors (Lipinski definition) is 2. The minimum absolute atomic E-state index is 0.647. The quantitative estimate of drug-likeness (QED) is 0.796. The van der Waals surface area contributed by atoms with Gasteiger partial charge in [-0.15, -0.1) is 0 Å². The van der Waals surface area contributed by atoms with Gasteiger partial charge in [-0.1, -0.05) is 31.5 Å². The van der Waals surface area contributed by atoms with Gasteiger partial charge in [-0.05, 0) is 36.5 Å². The molecule has 0 aromatic heterocycles. The lowest BCUT2D eigenvalue weighted by Crippen LogP contribution is -2.30. The van der Waals surface area contributed by atoms with Gasteiger partial charge in [-0.2, -0.15) is 0 Å². The molecule has 0 spiro atoms. The van der Waals surface area contributed by atoms with Crippen LogP contribution in [-0.4, -0.2) is 29.4 Å². The zero-order valence-corrected chi connectivity index (χ0v) is 11.9. The second-order valence-electron chi connectivity index (χ2n) is 4.62. The molecule has 0 amide bonds. The Morgan fingerprint density at radius 3 is 2.05 bits per heavy atom. The summed E-state index contributed by atoms with van der Waals surface area (Å²) in [6.45, 7) is 5.95. The molecule has 0 aliphatic rings. The molecule has 1 aromatic rings. The maximum atomic E-state index is 11.4. The Hall–Kier alpha value is -1.39. The summed E-state index contributed by atoms with van der Waals surface area (Å²) in [7, 11) is 1.19. The zero-order valence-electron chi connectivity index (χ0n) is 11.9. The highest BCUT2D eigenvalue weighted by Crippen LogP contribution is 2.28. The largest absolute Gasteiger partial charge is 0.467 e. The predicted octanol–water partition coefficient (Wildman–Crippen LogP) is 1.69. The van der Waals surface area contributed by atoms with Gasteiger partial charge in [0.2, 0.25) is 0 Å². The van der Waals surface area contributed by atoms with Gasteiger partial charge in [0.15, 0.2) is 6.10 Å². The highest BCUT2D eigenvalue weighted by molar-refractivity contribution is 5.75. The highest BCUT2D eigenvalue weighted by atomic mass is 16.5. The highest BCUT2D eigenvalue weighted by Gasteiger charge is 2.29. The molecule has 1 rings (SSSR count). The van der Waals surface area contributed by atoms with Gasteiger partial charge in [0.1, 0.15) is 6.10 Å². The van der Waals surface area contributed by atoms with Gasteiger partial charge in [0.05, 0.1) is 7.11 Å². The van der Waals surface area contributed by atoms with Crippen molar-refractivity contribution < 1.29 is 19.7 Å². The van der Waals surface area contributed by atoms with Gasteiger partial charge < -0.3 is 14.9 Å². The number of benzene rings is 1. The Kier molecular flexibility index (Phi) is 5.51. The van der Waals surface area contributed by atoms with E-state index in [1.807, 2.05) is 32.9 Å². The van der Waals surface area contributed by atoms with Gasteiger partial charge in [0.25, 0.3) is 0 Å². The fourth-order valence-electron chi connectivity index (χ4n) is 2.33. The average molecular weight is 266 g/mol. The molecule has 0 bridgehead atoms. The van der Waals surface area contributed by atoms with E-state index in [2.05, 4.69) is 4.74 Å². The SMILES string of the molecule is CCc1cc(C)cc(CC)c1C(O)C(O)C(=O)OC. The first-order valence-electron chi connectivity index (χ1n) is 6.52. The van der Waals surface area contributed by atoms with E-state index in [1.165, 1.54) is 7.11 Å². The summed E-state index contributed by atoms with van der Waals surface area (Å²) in [6, 6.07) is 3.95. The van der Waals surface area contributed by atoms with Crippen LogP contribution in [-0.2, 0) is 22.4 Å². The smallest absolute Gasteiger partial charge is 0.337 e. The summed E-state index contributed by atoms with van der Waals surface area (Å²) in [5.74, 6) is -0.822. The summed E-state index contributed by atoms with van der Waals surface area (Å²) in [5, 5.41) is 20.1. The second-order valence-corrected chi connectivity index (χ2v) is 4.62. The van der Waals surface area contributed by atoms with Crippen molar-refractivity contribution in [2.45, 2.75) is 45.8 Å². The van der Waals surface area contributed by atoms with Crippen LogP contribution in [0.2, 0.25) is 0 Å². The monoisotopic (exact) mass is 266 g/mol. The number of aryl methyl sites for hydroxylation is 3. The van der Waals surface area contributed by atoms with Crippen molar-refractivity contribution in [1.82, 2.24) is 0 Å². The maximum Gasteiger partial charge on any atom is 0.337 e. The molecule has 2 N–H and O–H groups in total. The number of carbonyl (C=O) groups is 1. The average Bonchev–Trinajstić information content (AvgIpc) is 2.43. The molecule has 4 nitrogen and oxygen atoms in total. The van der Waals surface area contributed by atoms with Crippen molar-refractivity contribution >= 4 is 5.97 Å². The van der Waals surface area contributed by atoms with Crippen molar-refractivity contribution in [1.29, 1.82) is 0 Å². The van der Waals surface area contributed by atoms with Gasteiger partial charge in [0, 0.05) is 0 Å².